The molecule has 3 N–H and O–H groups in total. The summed E-state index contributed by atoms with van der Waals surface area (Å²) in [6.07, 6.45) is 2.12. The third kappa shape index (κ3) is 2.84. The zero-order valence-corrected chi connectivity index (χ0v) is 12.7. The van der Waals surface area contributed by atoms with Crippen LogP contribution in [0, 0.1) is 5.92 Å². The molecule has 7 nitrogen and oxygen atoms in total. The predicted octanol–water partition coefficient (Wildman–Crippen LogP) is 0.438. The first-order valence-electron chi connectivity index (χ1n) is 6.44. The van der Waals surface area contributed by atoms with E-state index < -0.39 is 9.84 Å². The Morgan fingerprint density at radius 3 is 3.00 bits per heavy atom. The molecule has 9 heteroatoms. The number of nitrogens with two attached hydrogens (primary N) is 1. The van der Waals surface area contributed by atoms with Gasteiger partial charge in [0.15, 0.2) is 9.84 Å². The second kappa shape index (κ2) is 5.23. The van der Waals surface area contributed by atoms with Crippen LogP contribution < -0.4 is 11.1 Å². The Labute approximate surface area is 125 Å². The van der Waals surface area contributed by atoms with Crippen LogP contribution in [0.1, 0.15) is 16.1 Å². The highest BCUT2D eigenvalue weighted by Gasteiger charge is 2.28. The minimum Gasteiger partial charge on any atom is -0.397 e. The van der Waals surface area contributed by atoms with Crippen molar-refractivity contribution in [1.82, 2.24) is 15.5 Å². The van der Waals surface area contributed by atoms with E-state index in [0.29, 0.717) is 33.7 Å². The average molecular weight is 326 g/mol. The Balaban J connectivity index is 1.71. The molecule has 3 heterocycles. The van der Waals surface area contributed by atoms with E-state index in [1.165, 1.54) is 17.5 Å². The van der Waals surface area contributed by atoms with Crippen LogP contribution in [0.2, 0.25) is 0 Å². The molecule has 0 saturated carbocycles. The monoisotopic (exact) mass is 326 g/mol. The summed E-state index contributed by atoms with van der Waals surface area (Å²) in [7, 11) is -2.93. The quantitative estimate of drug-likeness (QED) is 0.845. The van der Waals surface area contributed by atoms with Crippen LogP contribution in [0.15, 0.2) is 12.3 Å². The number of carbonyl (C=O) groups excluding carboxylic acids is 1. The van der Waals surface area contributed by atoms with Crippen LogP contribution in [0.25, 0.3) is 10.2 Å². The third-order valence-electron chi connectivity index (χ3n) is 3.50. The Morgan fingerprint density at radius 2 is 2.33 bits per heavy atom. The number of aromatic nitrogens is 2. The summed E-state index contributed by atoms with van der Waals surface area (Å²) in [5, 5.41) is 11.2. The van der Waals surface area contributed by atoms with Crippen LogP contribution in [-0.4, -0.2) is 42.6 Å². The molecule has 1 unspecified atom stereocenters. The number of hydrogen-bond acceptors (Lipinski definition) is 7. The number of nitrogen functional groups attached to an aromatic ring is 1. The van der Waals surface area contributed by atoms with Gasteiger partial charge in [0.1, 0.15) is 9.71 Å². The molecular formula is C12H14N4O3S2. The van der Waals surface area contributed by atoms with E-state index >= 15 is 0 Å². The number of nitrogens with zero attached hydrogens (tertiary/aromatic N) is 2. The fourth-order valence-corrected chi connectivity index (χ4v) is 5.21. The number of anilines is 1. The van der Waals surface area contributed by atoms with Crippen molar-refractivity contribution in [3.8, 4) is 0 Å². The van der Waals surface area contributed by atoms with Crippen LogP contribution in [0.5, 0.6) is 0 Å². The van der Waals surface area contributed by atoms with E-state index in [1.807, 2.05) is 0 Å². The molecule has 1 amide bonds. The van der Waals surface area contributed by atoms with Crippen molar-refractivity contribution in [1.29, 1.82) is 0 Å². The first kappa shape index (κ1) is 14.2. The van der Waals surface area contributed by atoms with Gasteiger partial charge in [0.2, 0.25) is 0 Å². The molecular weight excluding hydrogens is 312 g/mol. The molecule has 0 bridgehead atoms. The molecule has 21 heavy (non-hydrogen) atoms. The summed E-state index contributed by atoms with van der Waals surface area (Å²) in [4.78, 5) is 13.2. The van der Waals surface area contributed by atoms with Crippen molar-refractivity contribution in [2.24, 2.45) is 5.92 Å². The lowest BCUT2D eigenvalue weighted by molar-refractivity contribution is 0.0953. The molecule has 2 aromatic rings. The zero-order valence-electron chi connectivity index (χ0n) is 11.1. The van der Waals surface area contributed by atoms with Gasteiger partial charge in [0, 0.05) is 11.9 Å². The van der Waals surface area contributed by atoms with E-state index in [1.54, 1.807) is 6.07 Å². The largest absolute Gasteiger partial charge is 0.397 e. The molecule has 1 aliphatic rings. The second-order valence-corrected chi connectivity index (χ2v) is 8.30. The summed E-state index contributed by atoms with van der Waals surface area (Å²) in [5.41, 5.74) is 6.34. The topological polar surface area (TPSA) is 115 Å². The van der Waals surface area contributed by atoms with Gasteiger partial charge in [-0.25, -0.2) is 8.42 Å². The van der Waals surface area contributed by atoms with Crippen molar-refractivity contribution < 1.29 is 13.2 Å². The first-order chi connectivity index (χ1) is 9.96. The maximum Gasteiger partial charge on any atom is 0.263 e. The molecule has 1 atom stereocenters. The summed E-state index contributed by atoms with van der Waals surface area (Å²) in [6, 6.07) is 1.72. The van der Waals surface area contributed by atoms with E-state index in [-0.39, 0.29) is 23.3 Å². The predicted molar refractivity (Wildman–Crippen MR) is 80.9 cm³/mol. The number of hydrogen-bond donors (Lipinski definition) is 2. The van der Waals surface area contributed by atoms with Crippen LogP contribution >= 0.6 is 11.3 Å². The minimum absolute atomic E-state index is 0.0191. The van der Waals surface area contributed by atoms with E-state index in [9.17, 15) is 13.2 Å². The lowest BCUT2D eigenvalue weighted by Gasteiger charge is -2.08. The smallest absolute Gasteiger partial charge is 0.263 e. The van der Waals surface area contributed by atoms with Gasteiger partial charge in [0.05, 0.1) is 23.4 Å². The van der Waals surface area contributed by atoms with Crippen molar-refractivity contribution in [3.05, 3.63) is 17.1 Å². The first-order valence-corrected chi connectivity index (χ1v) is 9.08. The standard InChI is InChI=1S/C12H14N4O3S2/c13-9-8-1-3-15-16-12(8)20-10(9)11(17)14-5-7-2-4-21(18,19)6-7/h1,3,7H,2,4-6,13H2,(H,14,17). The fourth-order valence-electron chi connectivity index (χ4n) is 2.39. The van der Waals surface area contributed by atoms with Crippen molar-refractivity contribution in [2.75, 3.05) is 23.8 Å². The second-order valence-electron chi connectivity index (χ2n) is 5.07. The van der Waals surface area contributed by atoms with Gasteiger partial charge < -0.3 is 11.1 Å². The number of nitrogens with one attached hydrogen (secondary N) is 1. The highest BCUT2D eigenvalue weighted by molar-refractivity contribution is 7.91. The number of carbonyl (C=O) groups is 1. The number of sulfone groups is 1. The van der Waals surface area contributed by atoms with Crippen molar-refractivity contribution in [2.45, 2.75) is 6.42 Å². The number of amides is 1. The van der Waals surface area contributed by atoms with E-state index in [0.717, 1.165) is 0 Å². The molecule has 2 aromatic heterocycles. The summed E-state index contributed by atoms with van der Waals surface area (Å²) < 4.78 is 22.8. The van der Waals surface area contributed by atoms with Gasteiger partial charge >= 0.3 is 0 Å². The molecule has 0 aliphatic carbocycles. The van der Waals surface area contributed by atoms with Gasteiger partial charge in [-0.2, -0.15) is 5.10 Å². The molecule has 1 fully saturated rings. The molecule has 0 radical (unpaired) electrons. The molecule has 3 rings (SSSR count). The Morgan fingerprint density at radius 1 is 1.52 bits per heavy atom. The summed E-state index contributed by atoms with van der Waals surface area (Å²) in [6.45, 7) is 0.345. The van der Waals surface area contributed by atoms with Gasteiger partial charge in [-0.3, -0.25) is 4.79 Å². The Bertz CT molecular complexity index is 800. The van der Waals surface area contributed by atoms with Gasteiger partial charge in [-0.1, -0.05) is 0 Å². The fraction of sp³-hybridized carbons (Fsp3) is 0.417. The third-order valence-corrected chi connectivity index (χ3v) is 6.45. The van der Waals surface area contributed by atoms with Gasteiger partial charge in [-0.05, 0) is 18.4 Å². The number of rotatable bonds is 3. The van der Waals surface area contributed by atoms with E-state index in [2.05, 4.69) is 15.5 Å². The molecule has 0 spiro atoms. The Hall–Kier alpha value is -1.74. The summed E-state index contributed by atoms with van der Waals surface area (Å²) >= 11 is 1.19. The minimum atomic E-state index is -2.93. The average Bonchev–Trinajstić information content (AvgIpc) is 2.97. The van der Waals surface area contributed by atoms with Crippen molar-refractivity contribution >= 4 is 43.0 Å². The lowest BCUT2D eigenvalue weighted by atomic mass is 10.1. The molecule has 112 valence electrons. The maximum absolute atomic E-state index is 12.2. The zero-order chi connectivity index (χ0) is 15.0. The van der Waals surface area contributed by atoms with Crippen LogP contribution in [0.4, 0.5) is 5.69 Å². The van der Waals surface area contributed by atoms with E-state index in [4.69, 9.17) is 5.73 Å². The van der Waals surface area contributed by atoms with Crippen molar-refractivity contribution in [3.63, 3.8) is 0 Å². The maximum atomic E-state index is 12.2. The normalized spacial score (nSPS) is 20.7. The summed E-state index contributed by atoms with van der Waals surface area (Å²) in [5.74, 6) is 0.0311. The Kier molecular flexibility index (Phi) is 3.54. The highest BCUT2D eigenvalue weighted by atomic mass is 32.2. The van der Waals surface area contributed by atoms with Crippen LogP contribution in [-0.2, 0) is 9.84 Å². The lowest BCUT2D eigenvalue weighted by Crippen LogP contribution is -2.29. The number of thiophene rings is 1. The molecule has 0 aromatic carbocycles. The van der Waals surface area contributed by atoms with Gasteiger partial charge in [-0.15, -0.1) is 16.4 Å². The van der Waals surface area contributed by atoms with Gasteiger partial charge in [0.25, 0.3) is 5.91 Å². The highest BCUT2D eigenvalue weighted by Crippen LogP contribution is 2.31. The molecule has 1 aliphatic heterocycles. The number of fused-ring (bicyclic) bond motifs is 1. The SMILES string of the molecule is Nc1c(C(=O)NCC2CCS(=O)(=O)C2)sc2nnccc12. The van der Waals surface area contributed by atoms with Crippen LogP contribution in [0.3, 0.4) is 0 Å². The molecule has 1 saturated heterocycles.